The Hall–Kier alpha value is -1.58. The third-order valence-electron chi connectivity index (χ3n) is 2.32. The molecule has 1 amide bonds. The first-order chi connectivity index (χ1) is 7.04. The van der Waals surface area contributed by atoms with Crippen molar-refractivity contribution in [1.29, 1.82) is 0 Å². The molecule has 0 aromatic heterocycles. The standard InChI is InChI=1S/C11H15FN2O/c1-3-7(2)11(15)14-8-4-5-9(12)10(13)6-8/h4-7H,3,13H2,1-2H3,(H,14,15). The molecule has 82 valence electrons. The van der Waals surface area contributed by atoms with Crippen molar-refractivity contribution in [3.05, 3.63) is 24.0 Å². The third kappa shape index (κ3) is 2.94. The SMILES string of the molecule is CCC(C)C(=O)Nc1ccc(F)c(N)c1. The van der Waals surface area contributed by atoms with Gasteiger partial charge in [0.1, 0.15) is 5.82 Å². The van der Waals surface area contributed by atoms with Gasteiger partial charge in [-0.05, 0) is 24.6 Å². The fourth-order valence-corrected chi connectivity index (χ4v) is 1.07. The number of halogens is 1. The van der Waals surface area contributed by atoms with Gasteiger partial charge in [0.05, 0.1) is 5.69 Å². The number of hydrogen-bond donors (Lipinski definition) is 2. The van der Waals surface area contributed by atoms with E-state index in [9.17, 15) is 9.18 Å². The molecule has 0 radical (unpaired) electrons. The van der Waals surface area contributed by atoms with Gasteiger partial charge < -0.3 is 11.1 Å². The van der Waals surface area contributed by atoms with Gasteiger partial charge >= 0.3 is 0 Å². The fourth-order valence-electron chi connectivity index (χ4n) is 1.07. The predicted molar refractivity (Wildman–Crippen MR) is 58.9 cm³/mol. The van der Waals surface area contributed by atoms with E-state index in [2.05, 4.69) is 5.32 Å². The van der Waals surface area contributed by atoms with Crippen molar-refractivity contribution in [1.82, 2.24) is 0 Å². The Bertz CT molecular complexity index is 366. The van der Waals surface area contributed by atoms with Gasteiger partial charge in [-0.1, -0.05) is 13.8 Å². The van der Waals surface area contributed by atoms with Crippen LogP contribution in [0.4, 0.5) is 15.8 Å². The number of amides is 1. The summed E-state index contributed by atoms with van der Waals surface area (Å²) in [5, 5.41) is 2.68. The average Bonchev–Trinajstić information content (AvgIpc) is 2.22. The molecule has 1 aromatic carbocycles. The molecule has 1 unspecified atom stereocenters. The van der Waals surface area contributed by atoms with Crippen molar-refractivity contribution in [3.8, 4) is 0 Å². The normalized spacial score (nSPS) is 12.2. The van der Waals surface area contributed by atoms with Crippen LogP contribution < -0.4 is 11.1 Å². The molecule has 4 heteroatoms. The molecule has 15 heavy (non-hydrogen) atoms. The molecule has 0 heterocycles. The highest BCUT2D eigenvalue weighted by Gasteiger charge is 2.10. The van der Waals surface area contributed by atoms with Gasteiger partial charge in [-0.3, -0.25) is 4.79 Å². The van der Waals surface area contributed by atoms with Crippen LogP contribution in [0.15, 0.2) is 18.2 Å². The topological polar surface area (TPSA) is 55.1 Å². The van der Waals surface area contributed by atoms with Crippen LogP contribution in [0.1, 0.15) is 20.3 Å². The highest BCUT2D eigenvalue weighted by Crippen LogP contribution is 2.17. The van der Waals surface area contributed by atoms with Crippen LogP contribution in [-0.2, 0) is 4.79 Å². The van der Waals surface area contributed by atoms with Crippen LogP contribution in [0.2, 0.25) is 0 Å². The maximum Gasteiger partial charge on any atom is 0.227 e. The maximum absolute atomic E-state index is 12.8. The molecular weight excluding hydrogens is 195 g/mol. The average molecular weight is 210 g/mol. The van der Waals surface area contributed by atoms with Crippen molar-refractivity contribution in [2.24, 2.45) is 5.92 Å². The monoisotopic (exact) mass is 210 g/mol. The van der Waals surface area contributed by atoms with Crippen molar-refractivity contribution < 1.29 is 9.18 Å². The van der Waals surface area contributed by atoms with Crippen LogP contribution >= 0.6 is 0 Å². The van der Waals surface area contributed by atoms with Crippen molar-refractivity contribution in [3.63, 3.8) is 0 Å². The van der Waals surface area contributed by atoms with Crippen LogP contribution in [0.25, 0.3) is 0 Å². The smallest absolute Gasteiger partial charge is 0.227 e. The Morgan fingerprint density at radius 1 is 1.60 bits per heavy atom. The quantitative estimate of drug-likeness (QED) is 0.752. The van der Waals surface area contributed by atoms with Gasteiger partial charge in [0.2, 0.25) is 5.91 Å². The summed E-state index contributed by atoms with van der Waals surface area (Å²) in [4.78, 5) is 11.5. The summed E-state index contributed by atoms with van der Waals surface area (Å²) in [5.41, 5.74) is 5.94. The van der Waals surface area contributed by atoms with E-state index in [1.54, 1.807) is 0 Å². The maximum atomic E-state index is 12.8. The second-order valence-corrected chi connectivity index (χ2v) is 3.53. The van der Waals surface area contributed by atoms with Crippen LogP contribution in [-0.4, -0.2) is 5.91 Å². The van der Waals surface area contributed by atoms with E-state index < -0.39 is 5.82 Å². The number of nitrogens with one attached hydrogen (secondary N) is 1. The molecular formula is C11H15FN2O. The molecule has 0 aliphatic heterocycles. The van der Waals surface area contributed by atoms with Crippen LogP contribution in [0, 0.1) is 11.7 Å². The molecule has 1 atom stereocenters. The minimum atomic E-state index is -0.475. The Balaban J connectivity index is 2.73. The lowest BCUT2D eigenvalue weighted by Gasteiger charge is -2.10. The molecule has 0 saturated carbocycles. The second kappa shape index (κ2) is 4.77. The van der Waals surface area contributed by atoms with E-state index in [1.165, 1.54) is 18.2 Å². The van der Waals surface area contributed by atoms with Gasteiger partial charge in [0.25, 0.3) is 0 Å². The number of rotatable bonds is 3. The number of hydrogen-bond acceptors (Lipinski definition) is 2. The summed E-state index contributed by atoms with van der Waals surface area (Å²) in [5.74, 6) is -0.615. The number of carbonyl (C=O) groups is 1. The fraction of sp³-hybridized carbons (Fsp3) is 0.364. The Morgan fingerprint density at radius 2 is 2.27 bits per heavy atom. The van der Waals surface area contributed by atoms with E-state index >= 15 is 0 Å². The van der Waals surface area contributed by atoms with Gasteiger partial charge in [0.15, 0.2) is 0 Å². The first-order valence-corrected chi connectivity index (χ1v) is 4.90. The first-order valence-electron chi connectivity index (χ1n) is 4.90. The van der Waals surface area contributed by atoms with Crippen molar-refractivity contribution in [2.45, 2.75) is 20.3 Å². The van der Waals surface area contributed by atoms with E-state index in [1.807, 2.05) is 13.8 Å². The Morgan fingerprint density at radius 3 is 2.80 bits per heavy atom. The lowest BCUT2D eigenvalue weighted by atomic mass is 10.1. The molecule has 0 aliphatic rings. The second-order valence-electron chi connectivity index (χ2n) is 3.53. The summed E-state index contributed by atoms with van der Waals surface area (Å²) in [6.07, 6.45) is 0.766. The van der Waals surface area contributed by atoms with E-state index in [-0.39, 0.29) is 17.5 Å². The van der Waals surface area contributed by atoms with Gasteiger partial charge in [-0.2, -0.15) is 0 Å². The highest BCUT2D eigenvalue weighted by atomic mass is 19.1. The van der Waals surface area contributed by atoms with E-state index in [0.29, 0.717) is 5.69 Å². The molecule has 0 saturated heterocycles. The lowest BCUT2D eigenvalue weighted by Crippen LogP contribution is -2.19. The minimum absolute atomic E-state index is 0.0388. The first kappa shape index (κ1) is 11.5. The van der Waals surface area contributed by atoms with E-state index in [4.69, 9.17) is 5.73 Å². The minimum Gasteiger partial charge on any atom is -0.396 e. The molecule has 0 bridgehead atoms. The highest BCUT2D eigenvalue weighted by molar-refractivity contribution is 5.92. The van der Waals surface area contributed by atoms with Gasteiger partial charge in [0, 0.05) is 11.6 Å². The largest absolute Gasteiger partial charge is 0.396 e. The van der Waals surface area contributed by atoms with Crippen LogP contribution in [0.3, 0.4) is 0 Å². The Kier molecular flexibility index (Phi) is 3.66. The number of benzene rings is 1. The third-order valence-corrected chi connectivity index (χ3v) is 2.32. The zero-order chi connectivity index (χ0) is 11.4. The van der Waals surface area contributed by atoms with Crippen molar-refractivity contribution in [2.75, 3.05) is 11.1 Å². The zero-order valence-corrected chi connectivity index (χ0v) is 8.88. The molecule has 1 aromatic rings. The summed E-state index contributed by atoms with van der Waals surface area (Å²) in [7, 11) is 0. The molecule has 3 N–H and O–H groups in total. The van der Waals surface area contributed by atoms with Gasteiger partial charge in [-0.25, -0.2) is 4.39 Å². The number of nitrogens with two attached hydrogens (primary N) is 1. The summed E-state index contributed by atoms with van der Waals surface area (Å²) >= 11 is 0. The predicted octanol–water partition coefficient (Wildman–Crippen LogP) is 2.39. The summed E-state index contributed by atoms with van der Waals surface area (Å²) in [6.45, 7) is 3.77. The Labute approximate surface area is 88.5 Å². The molecule has 0 fully saturated rings. The molecule has 3 nitrogen and oxygen atoms in total. The number of nitrogen functional groups attached to an aromatic ring is 1. The lowest BCUT2D eigenvalue weighted by molar-refractivity contribution is -0.119. The molecule has 1 rings (SSSR count). The summed E-state index contributed by atoms with van der Waals surface area (Å²) in [6, 6.07) is 4.14. The van der Waals surface area contributed by atoms with Gasteiger partial charge in [-0.15, -0.1) is 0 Å². The van der Waals surface area contributed by atoms with Crippen LogP contribution in [0.5, 0.6) is 0 Å². The number of carbonyl (C=O) groups excluding carboxylic acids is 1. The van der Waals surface area contributed by atoms with E-state index in [0.717, 1.165) is 6.42 Å². The number of anilines is 2. The molecule has 0 spiro atoms. The summed E-state index contributed by atoms with van der Waals surface area (Å²) < 4.78 is 12.8. The van der Waals surface area contributed by atoms with Crippen molar-refractivity contribution >= 4 is 17.3 Å². The molecule has 0 aliphatic carbocycles. The zero-order valence-electron chi connectivity index (χ0n) is 8.88.